The van der Waals surface area contributed by atoms with Gasteiger partial charge in [-0.05, 0) is 6.92 Å². The van der Waals surface area contributed by atoms with Crippen molar-refractivity contribution < 1.29 is 26.3 Å². The molecular weight excluding hydrogens is 224 g/mol. The molecule has 0 N–H and O–H groups in total. The van der Waals surface area contributed by atoms with E-state index >= 15 is 0 Å². The molecule has 0 saturated carbocycles. The van der Waals surface area contributed by atoms with Crippen LogP contribution in [-0.2, 0) is 6.18 Å². The van der Waals surface area contributed by atoms with Gasteiger partial charge in [-0.25, -0.2) is 13.2 Å². The number of halogens is 6. The molecule has 0 aliphatic carbocycles. The lowest BCUT2D eigenvalue weighted by Crippen LogP contribution is -2.12. The highest BCUT2D eigenvalue weighted by Crippen LogP contribution is 2.34. The third kappa shape index (κ3) is 2.21. The summed E-state index contributed by atoms with van der Waals surface area (Å²) in [5.74, 6) is -1.61. The minimum Gasteiger partial charge on any atom is -0.252 e. The largest absolute Gasteiger partial charge is 0.418 e. The Morgan fingerprint density at radius 2 is 1.80 bits per heavy atom. The average Bonchev–Trinajstić information content (AvgIpc) is 2.06. The van der Waals surface area contributed by atoms with Crippen molar-refractivity contribution in [2.75, 3.05) is 0 Å². The summed E-state index contributed by atoms with van der Waals surface area (Å²) < 4.78 is 73.6. The molecule has 0 aliphatic rings. The van der Waals surface area contributed by atoms with E-state index in [2.05, 4.69) is 4.98 Å². The summed E-state index contributed by atoms with van der Waals surface area (Å²) in [7, 11) is 0. The number of pyridine rings is 1. The molecule has 0 radical (unpaired) electrons. The molecule has 1 aromatic heterocycles. The van der Waals surface area contributed by atoms with Gasteiger partial charge in [-0.3, -0.25) is 4.98 Å². The Morgan fingerprint density at radius 3 is 2.20 bits per heavy atom. The lowest BCUT2D eigenvalue weighted by Gasteiger charge is -2.11. The van der Waals surface area contributed by atoms with Gasteiger partial charge in [0, 0.05) is 11.8 Å². The minimum atomic E-state index is -4.79. The quantitative estimate of drug-likeness (QED) is 0.671. The van der Waals surface area contributed by atoms with Crippen LogP contribution in [0.5, 0.6) is 0 Å². The van der Waals surface area contributed by atoms with Crippen molar-refractivity contribution >= 4 is 0 Å². The zero-order valence-corrected chi connectivity index (χ0v) is 7.37. The van der Waals surface area contributed by atoms with Crippen molar-refractivity contribution in [3.05, 3.63) is 28.8 Å². The molecule has 1 nitrogen and oxygen atoms in total. The molecule has 0 atom stereocenters. The first-order chi connectivity index (χ1) is 6.75. The molecule has 0 unspecified atom stereocenters. The van der Waals surface area contributed by atoms with E-state index in [9.17, 15) is 26.3 Å². The molecule has 0 bridgehead atoms. The van der Waals surface area contributed by atoms with E-state index in [0.717, 1.165) is 6.92 Å². The fourth-order valence-corrected chi connectivity index (χ4v) is 1.04. The molecule has 0 aliphatic heterocycles. The van der Waals surface area contributed by atoms with E-state index in [0.29, 0.717) is 0 Å². The second kappa shape index (κ2) is 3.71. The van der Waals surface area contributed by atoms with Crippen LogP contribution in [0.4, 0.5) is 26.3 Å². The van der Waals surface area contributed by atoms with E-state index in [1.165, 1.54) is 0 Å². The molecular formula is C8H5F6N. The standard InChI is InChI=1S/C8H5F6N/c1-3-4(8(12,13)14)2-15-6(5(3)9)7(10)11/h2,7H,1H3. The lowest BCUT2D eigenvalue weighted by molar-refractivity contribution is -0.138. The molecule has 1 heterocycles. The van der Waals surface area contributed by atoms with Crippen LogP contribution < -0.4 is 0 Å². The highest BCUT2D eigenvalue weighted by molar-refractivity contribution is 5.30. The maximum absolute atomic E-state index is 13.0. The highest BCUT2D eigenvalue weighted by atomic mass is 19.4. The van der Waals surface area contributed by atoms with Crippen molar-refractivity contribution in [3.63, 3.8) is 0 Å². The first-order valence-corrected chi connectivity index (χ1v) is 3.75. The summed E-state index contributed by atoms with van der Waals surface area (Å²) in [6.45, 7) is 0.783. The lowest BCUT2D eigenvalue weighted by atomic mass is 10.1. The first-order valence-electron chi connectivity index (χ1n) is 3.75. The fraction of sp³-hybridized carbons (Fsp3) is 0.375. The maximum Gasteiger partial charge on any atom is 0.418 e. The molecule has 84 valence electrons. The van der Waals surface area contributed by atoms with E-state index in [1.54, 1.807) is 0 Å². The number of alkyl halides is 5. The normalized spacial score (nSPS) is 12.3. The van der Waals surface area contributed by atoms with Gasteiger partial charge in [0.15, 0.2) is 5.82 Å². The number of nitrogens with zero attached hydrogens (tertiary/aromatic N) is 1. The topological polar surface area (TPSA) is 12.9 Å². The molecule has 1 rings (SSSR count). The van der Waals surface area contributed by atoms with Crippen LogP contribution in [0.2, 0.25) is 0 Å². The van der Waals surface area contributed by atoms with Gasteiger partial charge in [0.1, 0.15) is 5.69 Å². The summed E-state index contributed by atoms with van der Waals surface area (Å²) in [6.07, 6.45) is -7.82. The Labute approximate surface area is 80.7 Å². The Kier molecular flexibility index (Phi) is 2.92. The maximum atomic E-state index is 13.0. The highest BCUT2D eigenvalue weighted by Gasteiger charge is 2.35. The third-order valence-electron chi connectivity index (χ3n) is 1.80. The Morgan fingerprint density at radius 1 is 1.27 bits per heavy atom. The van der Waals surface area contributed by atoms with Crippen LogP contribution >= 0.6 is 0 Å². The smallest absolute Gasteiger partial charge is 0.252 e. The average molecular weight is 229 g/mol. The SMILES string of the molecule is Cc1c(C(F)(F)F)cnc(C(F)F)c1F. The molecule has 0 spiro atoms. The van der Waals surface area contributed by atoms with Gasteiger partial charge in [0.25, 0.3) is 6.43 Å². The van der Waals surface area contributed by atoms with Crippen molar-refractivity contribution in [1.82, 2.24) is 4.98 Å². The number of rotatable bonds is 1. The monoisotopic (exact) mass is 229 g/mol. The van der Waals surface area contributed by atoms with Crippen LogP contribution in [0.3, 0.4) is 0 Å². The summed E-state index contributed by atoms with van der Waals surface area (Å²) in [5, 5.41) is 0. The summed E-state index contributed by atoms with van der Waals surface area (Å²) in [5.41, 5.74) is -3.47. The minimum absolute atomic E-state index is 0.208. The van der Waals surface area contributed by atoms with Crippen LogP contribution in [0.25, 0.3) is 0 Å². The van der Waals surface area contributed by atoms with Gasteiger partial charge in [0.2, 0.25) is 0 Å². The molecule has 1 aromatic rings. The van der Waals surface area contributed by atoms with E-state index in [4.69, 9.17) is 0 Å². The van der Waals surface area contributed by atoms with Gasteiger partial charge in [-0.2, -0.15) is 13.2 Å². The van der Waals surface area contributed by atoms with Crippen molar-refractivity contribution in [3.8, 4) is 0 Å². The van der Waals surface area contributed by atoms with Crippen LogP contribution in [0.1, 0.15) is 23.2 Å². The van der Waals surface area contributed by atoms with Gasteiger partial charge in [-0.15, -0.1) is 0 Å². The second-order valence-electron chi connectivity index (χ2n) is 2.79. The second-order valence-corrected chi connectivity index (χ2v) is 2.79. The van der Waals surface area contributed by atoms with Crippen molar-refractivity contribution in [2.24, 2.45) is 0 Å². The molecule has 0 aromatic carbocycles. The van der Waals surface area contributed by atoms with Gasteiger partial charge >= 0.3 is 6.18 Å². The summed E-state index contributed by atoms with van der Waals surface area (Å²) >= 11 is 0. The Hall–Kier alpha value is -1.27. The van der Waals surface area contributed by atoms with Crippen LogP contribution in [0.15, 0.2) is 6.20 Å². The predicted molar refractivity (Wildman–Crippen MR) is 38.9 cm³/mol. The fourth-order valence-electron chi connectivity index (χ4n) is 1.04. The van der Waals surface area contributed by atoms with Gasteiger partial charge < -0.3 is 0 Å². The van der Waals surface area contributed by atoms with E-state index in [1.807, 2.05) is 0 Å². The third-order valence-corrected chi connectivity index (χ3v) is 1.80. The van der Waals surface area contributed by atoms with E-state index in [-0.39, 0.29) is 6.20 Å². The molecule has 0 amide bonds. The van der Waals surface area contributed by atoms with Crippen molar-refractivity contribution in [1.29, 1.82) is 0 Å². The van der Waals surface area contributed by atoms with Gasteiger partial charge in [-0.1, -0.05) is 0 Å². The molecule has 0 saturated heterocycles. The van der Waals surface area contributed by atoms with Crippen molar-refractivity contribution in [2.45, 2.75) is 19.5 Å². The number of aromatic nitrogens is 1. The predicted octanol–water partition coefficient (Wildman–Crippen LogP) is 3.49. The summed E-state index contributed by atoms with van der Waals surface area (Å²) in [6, 6.07) is 0. The zero-order valence-electron chi connectivity index (χ0n) is 7.37. The van der Waals surface area contributed by atoms with Gasteiger partial charge in [0.05, 0.1) is 5.56 Å². The summed E-state index contributed by atoms with van der Waals surface area (Å²) in [4.78, 5) is 2.76. The van der Waals surface area contributed by atoms with Crippen LogP contribution in [0, 0.1) is 12.7 Å². The number of hydrogen-bond donors (Lipinski definition) is 0. The van der Waals surface area contributed by atoms with Crippen LogP contribution in [-0.4, -0.2) is 4.98 Å². The molecule has 0 fully saturated rings. The number of hydrogen-bond acceptors (Lipinski definition) is 1. The molecule has 7 heteroatoms. The first kappa shape index (κ1) is 11.8. The molecule has 15 heavy (non-hydrogen) atoms. The van der Waals surface area contributed by atoms with E-state index < -0.39 is 35.2 Å². The zero-order chi connectivity index (χ0) is 11.8. The Balaban J connectivity index is 3.34. The Bertz CT molecular complexity index is 370.